The average molecular weight is 227 g/mol. The molecule has 1 atom stereocenters. The van der Waals surface area contributed by atoms with Crippen molar-refractivity contribution in [2.24, 2.45) is 11.7 Å². The van der Waals surface area contributed by atoms with E-state index < -0.39 is 0 Å². The van der Waals surface area contributed by atoms with Crippen molar-refractivity contribution in [3.8, 4) is 0 Å². The van der Waals surface area contributed by atoms with Crippen molar-refractivity contribution in [3.63, 3.8) is 0 Å². The summed E-state index contributed by atoms with van der Waals surface area (Å²) in [6.07, 6.45) is 0.905. The van der Waals surface area contributed by atoms with Crippen molar-refractivity contribution in [2.75, 3.05) is 19.6 Å². The first-order valence-electron chi connectivity index (χ1n) is 6.10. The number of nitrogens with zero attached hydrogens (tertiary/aromatic N) is 1. The van der Waals surface area contributed by atoms with Crippen LogP contribution >= 0.6 is 0 Å². The number of carbonyl (C=O) groups is 1. The van der Waals surface area contributed by atoms with E-state index in [1.54, 1.807) is 0 Å². The van der Waals surface area contributed by atoms with Crippen molar-refractivity contribution < 1.29 is 4.79 Å². The van der Waals surface area contributed by atoms with Crippen LogP contribution in [0.1, 0.15) is 34.1 Å². The number of hydrogen-bond acceptors (Lipinski definition) is 3. The molecule has 0 aliphatic carbocycles. The molecule has 0 bridgehead atoms. The second-order valence-corrected chi connectivity index (χ2v) is 5.90. The number of hydrogen-bond donors (Lipinski definition) is 2. The summed E-state index contributed by atoms with van der Waals surface area (Å²) >= 11 is 0. The Morgan fingerprint density at radius 1 is 1.56 bits per heavy atom. The monoisotopic (exact) mass is 227 g/mol. The molecule has 1 aliphatic heterocycles. The number of rotatable bonds is 4. The lowest BCUT2D eigenvalue weighted by Crippen LogP contribution is -2.59. The van der Waals surface area contributed by atoms with Crippen molar-refractivity contribution in [1.29, 1.82) is 0 Å². The highest BCUT2D eigenvalue weighted by Crippen LogP contribution is 2.16. The van der Waals surface area contributed by atoms with Gasteiger partial charge in [-0.3, -0.25) is 9.69 Å². The number of amides is 1. The normalized spacial score (nSPS) is 23.6. The molecule has 0 aromatic heterocycles. The van der Waals surface area contributed by atoms with Gasteiger partial charge in [-0.1, -0.05) is 13.8 Å². The summed E-state index contributed by atoms with van der Waals surface area (Å²) in [5.74, 6) is 0.682. The molecule has 0 aromatic rings. The van der Waals surface area contributed by atoms with Gasteiger partial charge in [-0.2, -0.15) is 0 Å². The Labute approximate surface area is 98.6 Å². The molecular formula is C12H25N3O. The second kappa shape index (κ2) is 5.15. The molecule has 1 fully saturated rings. The maximum Gasteiger partial charge on any atom is 0.237 e. The van der Waals surface area contributed by atoms with Crippen molar-refractivity contribution in [3.05, 3.63) is 0 Å². The van der Waals surface area contributed by atoms with Gasteiger partial charge in [-0.05, 0) is 26.2 Å². The highest BCUT2D eigenvalue weighted by Gasteiger charge is 2.32. The van der Waals surface area contributed by atoms with E-state index >= 15 is 0 Å². The maximum absolute atomic E-state index is 11.8. The van der Waals surface area contributed by atoms with Gasteiger partial charge >= 0.3 is 0 Å². The summed E-state index contributed by atoms with van der Waals surface area (Å²) in [6.45, 7) is 10.7. The topological polar surface area (TPSA) is 58.4 Å². The summed E-state index contributed by atoms with van der Waals surface area (Å²) in [4.78, 5) is 14.1. The predicted molar refractivity (Wildman–Crippen MR) is 66.1 cm³/mol. The number of piperazine rings is 1. The lowest BCUT2D eigenvalue weighted by atomic mass is 9.97. The van der Waals surface area contributed by atoms with E-state index in [9.17, 15) is 4.79 Å². The summed E-state index contributed by atoms with van der Waals surface area (Å²) in [6, 6.07) is -0.00317. The zero-order valence-corrected chi connectivity index (χ0v) is 10.9. The Kier molecular flexibility index (Phi) is 4.33. The fraction of sp³-hybridized carbons (Fsp3) is 0.917. The van der Waals surface area contributed by atoms with E-state index in [1.807, 2.05) is 13.8 Å². The molecule has 16 heavy (non-hydrogen) atoms. The summed E-state index contributed by atoms with van der Waals surface area (Å²) in [7, 11) is 0. The molecule has 1 heterocycles. The van der Waals surface area contributed by atoms with Crippen LogP contribution in [0, 0.1) is 5.92 Å². The lowest BCUT2D eigenvalue weighted by Gasteiger charge is -2.39. The SMILES string of the molecule is CC(C)CC1C(=O)NCCN1CC(C)(C)N. The minimum Gasteiger partial charge on any atom is -0.353 e. The number of carbonyl (C=O) groups excluding carboxylic acids is 1. The summed E-state index contributed by atoms with van der Waals surface area (Å²) in [5.41, 5.74) is 5.79. The fourth-order valence-corrected chi connectivity index (χ4v) is 2.18. The van der Waals surface area contributed by atoms with Crippen molar-refractivity contribution in [2.45, 2.75) is 45.7 Å². The third-order valence-electron chi connectivity index (χ3n) is 2.75. The molecule has 1 unspecified atom stereocenters. The van der Waals surface area contributed by atoms with Crippen LogP contribution in [0.15, 0.2) is 0 Å². The van der Waals surface area contributed by atoms with Gasteiger partial charge in [0.15, 0.2) is 0 Å². The van der Waals surface area contributed by atoms with Crippen LogP contribution in [-0.4, -0.2) is 42.0 Å². The first kappa shape index (κ1) is 13.5. The van der Waals surface area contributed by atoms with E-state index in [4.69, 9.17) is 5.73 Å². The van der Waals surface area contributed by atoms with E-state index in [2.05, 4.69) is 24.1 Å². The summed E-state index contributed by atoms with van der Waals surface area (Å²) < 4.78 is 0. The van der Waals surface area contributed by atoms with Crippen LogP contribution in [0.3, 0.4) is 0 Å². The highest BCUT2D eigenvalue weighted by molar-refractivity contribution is 5.82. The van der Waals surface area contributed by atoms with Gasteiger partial charge < -0.3 is 11.1 Å². The molecule has 0 radical (unpaired) electrons. The van der Waals surface area contributed by atoms with E-state index in [1.165, 1.54) is 0 Å². The van der Waals surface area contributed by atoms with Crippen LogP contribution < -0.4 is 11.1 Å². The number of nitrogens with one attached hydrogen (secondary N) is 1. The third-order valence-corrected chi connectivity index (χ3v) is 2.75. The first-order chi connectivity index (χ1) is 7.29. The molecule has 0 aromatic carbocycles. The average Bonchev–Trinajstić information content (AvgIpc) is 2.08. The maximum atomic E-state index is 11.8. The molecule has 1 amide bonds. The van der Waals surface area contributed by atoms with Gasteiger partial charge in [0, 0.05) is 25.2 Å². The van der Waals surface area contributed by atoms with Crippen LogP contribution in [-0.2, 0) is 4.79 Å². The Balaban J connectivity index is 2.67. The Bertz CT molecular complexity index is 245. The highest BCUT2D eigenvalue weighted by atomic mass is 16.2. The van der Waals surface area contributed by atoms with Gasteiger partial charge in [-0.15, -0.1) is 0 Å². The minimum absolute atomic E-state index is 0.00317. The third kappa shape index (κ3) is 4.10. The molecule has 0 spiro atoms. The zero-order chi connectivity index (χ0) is 12.3. The number of nitrogens with two attached hydrogens (primary N) is 1. The molecule has 3 N–H and O–H groups in total. The largest absolute Gasteiger partial charge is 0.353 e. The molecular weight excluding hydrogens is 202 g/mol. The quantitative estimate of drug-likeness (QED) is 0.738. The molecule has 1 saturated heterocycles. The molecule has 4 nitrogen and oxygen atoms in total. The standard InChI is InChI=1S/C12H25N3O/c1-9(2)7-10-11(16)14-5-6-15(10)8-12(3,4)13/h9-10H,5-8,13H2,1-4H3,(H,14,16). The smallest absolute Gasteiger partial charge is 0.237 e. The van der Waals surface area contributed by atoms with E-state index in [-0.39, 0.29) is 17.5 Å². The fourth-order valence-electron chi connectivity index (χ4n) is 2.18. The lowest BCUT2D eigenvalue weighted by molar-refractivity contribution is -0.130. The van der Waals surface area contributed by atoms with Crippen LogP contribution in [0.5, 0.6) is 0 Å². The first-order valence-corrected chi connectivity index (χ1v) is 6.10. The molecule has 4 heteroatoms. The molecule has 1 aliphatic rings. The van der Waals surface area contributed by atoms with E-state index in [0.29, 0.717) is 5.92 Å². The Hall–Kier alpha value is -0.610. The van der Waals surface area contributed by atoms with Crippen molar-refractivity contribution in [1.82, 2.24) is 10.2 Å². The van der Waals surface area contributed by atoms with Crippen molar-refractivity contribution >= 4 is 5.91 Å². The van der Waals surface area contributed by atoms with Crippen LogP contribution in [0.25, 0.3) is 0 Å². The zero-order valence-electron chi connectivity index (χ0n) is 10.9. The van der Waals surface area contributed by atoms with Gasteiger partial charge in [0.2, 0.25) is 5.91 Å². The Morgan fingerprint density at radius 2 is 2.19 bits per heavy atom. The van der Waals surface area contributed by atoms with Gasteiger partial charge in [0.05, 0.1) is 6.04 Å². The molecule has 0 saturated carbocycles. The van der Waals surface area contributed by atoms with Gasteiger partial charge in [0.25, 0.3) is 0 Å². The molecule has 1 rings (SSSR count). The Morgan fingerprint density at radius 3 is 2.69 bits per heavy atom. The second-order valence-electron chi connectivity index (χ2n) is 5.90. The van der Waals surface area contributed by atoms with E-state index in [0.717, 1.165) is 26.1 Å². The van der Waals surface area contributed by atoms with Crippen LogP contribution in [0.4, 0.5) is 0 Å². The predicted octanol–water partition coefficient (Wildman–Crippen LogP) is 0.570. The van der Waals surface area contributed by atoms with Gasteiger partial charge in [0.1, 0.15) is 0 Å². The van der Waals surface area contributed by atoms with Crippen LogP contribution in [0.2, 0.25) is 0 Å². The summed E-state index contributed by atoms with van der Waals surface area (Å²) in [5, 5.41) is 2.93. The molecule has 94 valence electrons. The van der Waals surface area contributed by atoms with Gasteiger partial charge in [-0.25, -0.2) is 0 Å². The minimum atomic E-state index is -0.243.